The van der Waals surface area contributed by atoms with Gasteiger partial charge in [0.1, 0.15) is 0 Å². The number of amides is 1. The zero-order chi connectivity index (χ0) is 16.6. The van der Waals surface area contributed by atoms with Crippen molar-refractivity contribution in [3.63, 3.8) is 0 Å². The number of carbonyl (C=O) groups excluding carboxylic acids is 1. The summed E-state index contributed by atoms with van der Waals surface area (Å²) in [5.74, 6) is -0.654. The molecule has 1 aliphatic carbocycles. The number of carboxylic acid groups (broad SMARTS) is 1. The number of carbonyl (C=O) groups is 2. The first-order valence-corrected chi connectivity index (χ1v) is 8.34. The molecule has 124 valence electrons. The van der Waals surface area contributed by atoms with E-state index in [2.05, 4.69) is 21.2 Å². The van der Waals surface area contributed by atoms with Gasteiger partial charge in [-0.05, 0) is 47.8 Å². The molecule has 2 unspecified atom stereocenters. The van der Waals surface area contributed by atoms with E-state index in [0.29, 0.717) is 34.4 Å². The molecule has 6 nitrogen and oxygen atoms in total. The van der Waals surface area contributed by atoms with Gasteiger partial charge >= 0.3 is 5.97 Å². The third-order valence-electron chi connectivity index (χ3n) is 4.59. The number of carboxylic acids is 1. The Bertz CT molecular complexity index is 662. The van der Waals surface area contributed by atoms with Crippen LogP contribution in [0.15, 0.2) is 16.6 Å². The minimum atomic E-state index is -0.862. The topological polar surface area (TPSA) is 84.9 Å². The predicted octanol–water partition coefficient (Wildman–Crippen LogP) is 2.94. The average molecular weight is 384 g/mol. The zero-order valence-electron chi connectivity index (χ0n) is 12.7. The quantitative estimate of drug-likeness (QED) is 0.837. The fourth-order valence-electron chi connectivity index (χ4n) is 3.31. The highest BCUT2D eigenvalue weighted by Gasteiger charge is 2.42. The van der Waals surface area contributed by atoms with Gasteiger partial charge in [-0.2, -0.15) is 0 Å². The summed E-state index contributed by atoms with van der Waals surface area (Å²) in [5.41, 5.74) is -0.332. The van der Waals surface area contributed by atoms with E-state index >= 15 is 0 Å². The lowest BCUT2D eigenvalue weighted by Crippen LogP contribution is -2.55. The molecule has 1 aliphatic heterocycles. The molecule has 1 amide bonds. The van der Waals surface area contributed by atoms with Crippen molar-refractivity contribution in [1.82, 2.24) is 5.32 Å². The molecule has 0 bridgehead atoms. The highest BCUT2D eigenvalue weighted by Crippen LogP contribution is 2.40. The van der Waals surface area contributed by atoms with E-state index in [9.17, 15) is 14.7 Å². The second-order valence-corrected chi connectivity index (χ2v) is 7.05. The Hall–Kier alpha value is -1.76. The molecule has 2 atom stereocenters. The number of benzene rings is 1. The number of hydrogen-bond donors (Lipinski definition) is 2. The van der Waals surface area contributed by atoms with Crippen molar-refractivity contribution < 1.29 is 24.2 Å². The van der Waals surface area contributed by atoms with Crippen molar-refractivity contribution in [3.8, 4) is 11.5 Å². The van der Waals surface area contributed by atoms with E-state index in [-0.39, 0.29) is 12.7 Å². The molecular weight excluding hydrogens is 366 g/mol. The van der Waals surface area contributed by atoms with Crippen LogP contribution >= 0.6 is 15.9 Å². The molecule has 1 aromatic rings. The second kappa shape index (κ2) is 6.03. The maximum absolute atomic E-state index is 12.6. The third-order valence-corrected chi connectivity index (χ3v) is 5.18. The van der Waals surface area contributed by atoms with Gasteiger partial charge in [0.15, 0.2) is 11.5 Å². The first-order chi connectivity index (χ1) is 10.9. The van der Waals surface area contributed by atoms with E-state index in [1.54, 1.807) is 12.1 Å². The Morgan fingerprint density at radius 2 is 2.13 bits per heavy atom. The highest BCUT2D eigenvalue weighted by molar-refractivity contribution is 9.10. The molecule has 0 radical (unpaired) electrons. The maximum atomic E-state index is 12.6. The van der Waals surface area contributed by atoms with E-state index in [0.717, 1.165) is 12.8 Å². The summed E-state index contributed by atoms with van der Waals surface area (Å²) in [4.78, 5) is 24.1. The zero-order valence-corrected chi connectivity index (χ0v) is 14.3. The molecule has 2 N–H and O–H groups in total. The summed E-state index contributed by atoms with van der Waals surface area (Å²) in [6, 6.07) is 3.27. The predicted molar refractivity (Wildman–Crippen MR) is 85.7 cm³/mol. The van der Waals surface area contributed by atoms with Gasteiger partial charge in [-0.3, -0.25) is 9.59 Å². The van der Waals surface area contributed by atoms with Crippen LogP contribution in [0, 0.1) is 5.92 Å². The smallest absolute Gasteiger partial charge is 0.308 e. The van der Waals surface area contributed by atoms with Gasteiger partial charge in [-0.1, -0.05) is 12.8 Å². The van der Waals surface area contributed by atoms with Crippen molar-refractivity contribution >= 4 is 27.8 Å². The van der Waals surface area contributed by atoms with Crippen molar-refractivity contribution in [2.75, 3.05) is 6.79 Å². The van der Waals surface area contributed by atoms with Crippen molar-refractivity contribution in [2.24, 2.45) is 5.92 Å². The molecule has 23 heavy (non-hydrogen) atoms. The number of aliphatic carboxylic acids is 1. The van der Waals surface area contributed by atoms with Crippen molar-refractivity contribution in [1.29, 1.82) is 0 Å². The lowest BCUT2D eigenvalue weighted by molar-refractivity contribution is -0.145. The Kier molecular flexibility index (Phi) is 4.23. The molecule has 1 saturated carbocycles. The molecule has 1 fully saturated rings. The van der Waals surface area contributed by atoms with Crippen LogP contribution in [0.2, 0.25) is 0 Å². The van der Waals surface area contributed by atoms with Crippen LogP contribution in [-0.4, -0.2) is 29.3 Å². The lowest BCUT2D eigenvalue weighted by atomic mass is 9.73. The number of hydrogen-bond acceptors (Lipinski definition) is 4. The molecule has 0 spiro atoms. The second-order valence-electron chi connectivity index (χ2n) is 6.20. The Labute approximate surface area is 142 Å². The third kappa shape index (κ3) is 3.02. The lowest BCUT2D eigenvalue weighted by Gasteiger charge is -2.39. The minimum Gasteiger partial charge on any atom is -0.481 e. The van der Waals surface area contributed by atoms with Gasteiger partial charge in [0, 0.05) is 5.56 Å². The highest BCUT2D eigenvalue weighted by atomic mass is 79.9. The molecule has 3 rings (SSSR count). The van der Waals surface area contributed by atoms with E-state index in [4.69, 9.17) is 9.47 Å². The summed E-state index contributed by atoms with van der Waals surface area (Å²) < 4.78 is 11.3. The Balaban J connectivity index is 1.83. The number of fused-ring (bicyclic) bond motifs is 1. The fourth-order valence-corrected chi connectivity index (χ4v) is 3.87. The number of rotatable bonds is 3. The maximum Gasteiger partial charge on any atom is 0.308 e. The summed E-state index contributed by atoms with van der Waals surface area (Å²) in [6.45, 7) is 1.93. The van der Waals surface area contributed by atoms with Crippen LogP contribution in [0.5, 0.6) is 11.5 Å². The minimum absolute atomic E-state index is 0.123. The van der Waals surface area contributed by atoms with Gasteiger partial charge in [-0.15, -0.1) is 0 Å². The van der Waals surface area contributed by atoms with E-state index in [1.807, 2.05) is 6.92 Å². The van der Waals surface area contributed by atoms with Crippen LogP contribution in [0.1, 0.15) is 43.0 Å². The van der Waals surface area contributed by atoms with Gasteiger partial charge in [0.05, 0.1) is 15.9 Å². The standard InChI is InChI=1S/C16H18BrNO5/c1-16(5-3-2-4-10(16)15(20)21)18-14(19)9-6-11(17)13-12(7-9)22-8-23-13/h6-7,10H,2-5,8H2,1H3,(H,18,19)(H,20,21). The molecule has 1 heterocycles. The monoisotopic (exact) mass is 383 g/mol. The van der Waals surface area contributed by atoms with Crippen LogP contribution in [0.4, 0.5) is 0 Å². The van der Waals surface area contributed by atoms with Crippen molar-refractivity contribution in [3.05, 3.63) is 22.2 Å². The molecule has 0 aromatic heterocycles. The van der Waals surface area contributed by atoms with Gasteiger partial charge in [0.2, 0.25) is 6.79 Å². The van der Waals surface area contributed by atoms with Gasteiger partial charge in [-0.25, -0.2) is 0 Å². The van der Waals surface area contributed by atoms with E-state index in [1.165, 1.54) is 0 Å². The van der Waals surface area contributed by atoms with Gasteiger partial charge < -0.3 is 19.9 Å². The number of ether oxygens (including phenoxy) is 2. The van der Waals surface area contributed by atoms with Crippen LogP contribution in [-0.2, 0) is 4.79 Å². The van der Waals surface area contributed by atoms with Crippen LogP contribution in [0.25, 0.3) is 0 Å². The first-order valence-electron chi connectivity index (χ1n) is 7.55. The molecule has 7 heteroatoms. The molecule has 1 aromatic carbocycles. The SMILES string of the molecule is CC1(NC(=O)c2cc(Br)c3c(c2)OCO3)CCCCC1C(=O)O. The Morgan fingerprint density at radius 1 is 1.35 bits per heavy atom. The van der Waals surface area contributed by atoms with E-state index < -0.39 is 17.4 Å². The normalized spacial score (nSPS) is 25.9. The first kappa shape index (κ1) is 16.1. The van der Waals surface area contributed by atoms with Gasteiger partial charge in [0.25, 0.3) is 5.91 Å². The van der Waals surface area contributed by atoms with Crippen LogP contribution < -0.4 is 14.8 Å². The molecular formula is C16H18BrNO5. The summed E-state index contributed by atoms with van der Waals surface area (Å²) >= 11 is 3.36. The molecule has 2 aliphatic rings. The summed E-state index contributed by atoms with van der Waals surface area (Å²) in [6.07, 6.45) is 3.02. The fraction of sp³-hybridized carbons (Fsp3) is 0.500. The Morgan fingerprint density at radius 3 is 2.87 bits per heavy atom. The van der Waals surface area contributed by atoms with Crippen molar-refractivity contribution in [2.45, 2.75) is 38.1 Å². The average Bonchev–Trinajstić information content (AvgIpc) is 2.95. The largest absolute Gasteiger partial charge is 0.481 e. The number of nitrogens with one attached hydrogen (secondary N) is 1. The number of halogens is 1. The van der Waals surface area contributed by atoms with Crippen LogP contribution in [0.3, 0.4) is 0 Å². The summed E-state index contributed by atoms with van der Waals surface area (Å²) in [7, 11) is 0. The summed E-state index contributed by atoms with van der Waals surface area (Å²) in [5, 5.41) is 12.4. The molecule has 0 saturated heterocycles.